The van der Waals surface area contributed by atoms with Gasteiger partial charge in [-0.3, -0.25) is 4.79 Å². The minimum absolute atomic E-state index is 0.0421. The number of aromatic hydroxyl groups is 1. The highest BCUT2D eigenvalue weighted by molar-refractivity contribution is 6.31. The molecule has 0 radical (unpaired) electrons. The molecule has 2 aromatic rings. The summed E-state index contributed by atoms with van der Waals surface area (Å²) in [7, 11) is 0. The molecule has 2 rings (SSSR count). The van der Waals surface area contributed by atoms with Gasteiger partial charge in [0.1, 0.15) is 11.5 Å². The Hall–Kier alpha value is -2.20. The number of hydrogen-bond acceptors (Lipinski definition) is 3. The Morgan fingerprint density at radius 3 is 2.77 bits per heavy atom. The van der Waals surface area contributed by atoms with Gasteiger partial charge >= 0.3 is 0 Å². The normalized spacial score (nSPS) is 10.5. The van der Waals surface area contributed by atoms with Crippen LogP contribution in [-0.4, -0.2) is 17.6 Å². The van der Waals surface area contributed by atoms with E-state index in [1.54, 1.807) is 12.1 Å². The van der Waals surface area contributed by atoms with E-state index >= 15 is 0 Å². The highest BCUT2D eigenvalue weighted by Gasteiger charge is 2.08. The monoisotopic (exact) mass is 319 g/mol. The summed E-state index contributed by atoms with van der Waals surface area (Å²) in [4.78, 5) is 11.9. The predicted octanol–water partition coefficient (Wildman–Crippen LogP) is 4.19. The number of halogens is 1. The van der Waals surface area contributed by atoms with Gasteiger partial charge in [0.05, 0.1) is 5.69 Å². The molecule has 0 fully saturated rings. The summed E-state index contributed by atoms with van der Waals surface area (Å²) in [5.74, 6) is 0.615. The van der Waals surface area contributed by atoms with Gasteiger partial charge in [0, 0.05) is 5.02 Å². The van der Waals surface area contributed by atoms with Crippen LogP contribution in [-0.2, 0) is 4.79 Å². The molecule has 2 N–H and O–H groups in total. The number of nitrogens with one attached hydrogen (secondary N) is 1. The first kappa shape index (κ1) is 16.2. The smallest absolute Gasteiger partial charge is 0.262 e. The molecular weight excluding hydrogens is 302 g/mol. The molecule has 116 valence electrons. The molecule has 0 saturated heterocycles. The van der Waals surface area contributed by atoms with Gasteiger partial charge in [-0.1, -0.05) is 37.6 Å². The van der Waals surface area contributed by atoms with Gasteiger partial charge in [0.15, 0.2) is 6.61 Å². The summed E-state index contributed by atoms with van der Waals surface area (Å²) < 4.78 is 5.47. The molecule has 0 aromatic heterocycles. The van der Waals surface area contributed by atoms with Crippen molar-refractivity contribution in [2.75, 3.05) is 11.9 Å². The van der Waals surface area contributed by atoms with Crippen LogP contribution in [0.3, 0.4) is 0 Å². The quantitative estimate of drug-likeness (QED) is 0.812. The standard InChI is InChI=1S/C17H18ClNO3/c1-11(2)12-4-3-5-14(8-12)22-10-17(21)19-15-9-13(18)6-7-16(15)20/h3-9,11,20H,10H2,1-2H3,(H,19,21). The summed E-state index contributed by atoms with van der Waals surface area (Å²) in [5.41, 5.74) is 1.41. The maximum atomic E-state index is 11.9. The van der Waals surface area contributed by atoms with E-state index in [-0.39, 0.29) is 24.0 Å². The van der Waals surface area contributed by atoms with E-state index in [2.05, 4.69) is 19.2 Å². The fourth-order valence-corrected chi connectivity index (χ4v) is 2.08. The maximum absolute atomic E-state index is 11.9. The number of benzene rings is 2. The maximum Gasteiger partial charge on any atom is 0.262 e. The van der Waals surface area contributed by atoms with Crippen LogP contribution in [0.4, 0.5) is 5.69 Å². The minimum Gasteiger partial charge on any atom is -0.506 e. The van der Waals surface area contributed by atoms with E-state index in [1.807, 2.05) is 18.2 Å². The number of anilines is 1. The Kier molecular flexibility index (Phi) is 5.28. The summed E-state index contributed by atoms with van der Waals surface area (Å²) >= 11 is 5.83. The molecule has 0 heterocycles. The molecule has 22 heavy (non-hydrogen) atoms. The van der Waals surface area contributed by atoms with Crippen LogP contribution in [0.1, 0.15) is 25.3 Å². The molecule has 1 amide bonds. The summed E-state index contributed by atoms with van der Waals surface area (Å²) in [6.07, 6.45) is 0. The zero-order valence-corrected chi connectivity index (χ0v) is 13.2. The van der Waals surface area contributed by atoms with E-state index in [4.69, 9.17) is 16.3 Å². The van der Waals surface area contributed by atoms with Crippen LogP contribution < -0.4 is 10.1 Å². The van der Waals surface area contributed by atoms with Crippen molar-refractivity contribution in [3.63, 3.8) is 0 Å². The third kappa shape index (κ3) is 4.40. The zero-order valence-electron chi connectivity index (χ0n) is 12.5. The fourth-order valence-electron chi connectivity index (χ4n) is 1.91. The number of ether oxygens (including phenoxy) is 1. The third-order valence-electron chi connectivity index (χ3n) is 3.13. The van der Waals surface area contributed by atoms with Crippen LogP contribution in [0.5, 0.6) is 11.5 Å². The summed E-state index contributed by atoms with van der Waals surface area (Å²) in [6, 6.07) is 12.1. The molecule has 4 nitrogen and oxygen atoms in total. The molecule has 0 atom stereocenters. The molecule has 2 aromatic carbocycles. The third-order valence-corrected chi connectivity index (χ3v) is 3.36. The van der Waals surface area contributed by atoms with Crippen molar-refractivity contribution in [3.05, 3.63) is 53.1 Å². The van der Waals surface area contributed by atoms with Crippen molar-refractivity contribution in [2.45, 2.75) is 19.8 Å². The van der Waals surface area contributed by atoms with E-state index in [0.717, 1.165) is 5.56 Å². The molecule has 0 aliphatic heterocycles. The SMILES string of the molecule is CC(C)c1cccc(OCC(=O)Nc2cc(Cl)ccc2O)c1. The van der Waals surface area contributed by atoms with Crippen molar-refractivity contribution < 1.29 is 14.6 Å². The van der Waals surface area contributed by atoms with Crippen molar-refractivity contribution in [1.82, 2.24) is 0 Å². The Morgan fingerprint density at radius 2 is 2.05 bits per heavy atom. The van der Waals surface area contributed by atoms with Gasteiger partial charge in [-0.05, 0) is 41.8 Å². The number of phenols is 1. The molecule has 0 bridgehead atoms. The molecular formula is C17H18ClNO3. The topological polar surface area (TPSA) is 58.6 Å². The highest BCUT2D eigenvalue weighted by atomic mass is 35.5. The second-order valence-electron chi connectivity index (χ2n) is 5.23. The Morgan fingerprint density at radius 1 is 1.27 bits per heavy atom. The fraction of sp³-hybridized carbons (Fsp3) is 0.235. The highest BCUT2D eigenvalue weighted by Crippen LogP contribution is 2.26. The van der Waals surface area contributed by atoms with E-state index in [0.29, 0.717) is 16.7 Å². The lowest BCUT2D eigenvalue weighted by Gasteiger charge is -2.11. The van der Waals surface area contributed by atoms with Crippen LogP contribution in [0, 0.1) is 0 Å². The Labute approximate surface area is 134 Å². The summed E-state index contributed by atoms with van der Waals surface area (Å²) in [6.45, 7) is 4.04. The van der Waals surface area contributed by atoms with E-state index < -0.39 is 0 Å². The van der Waals surface area contributed by atoms with Crippen LogP contribution in [0.25, 0.3) is 0 Å². The molecule has 0 aliphatic rings. The minimum atomic E-state index is -0.368. The Balaban J connectivity index is 1.95. The second-order valence-corrected chi connectivity index (χ2v) is 5.66. The zero-order chi connectivity index (χ0) is 16.1. The van der Waals surface area contributed by atoms with Gasteiger partial charge < -0.3 is 15.2 Å². The van der Waals surface area contributed by atoms with Gasteiger partial charge in [-0.25, -0.2) is 0 Å². The van der Waals surface area contributed by atoms with E-state index in [1.165, 1.54) is 12.1 Å². The first-order valence-corrected chi connectivity index (χ1v) is 7.34. The average Bonchev–Trinajstić information content (AvgIpc) is 2.49. The van der Waals surface area contributed by atoms with Crippen molar-refractivity contribution >= 4 is 23.2 Å². The average molecular weight is 320 g/mol. The largest absolute Gasteiger partial charge is 0.506 e. The number of carbonyl (C=O) groups is 1. The Bertz CT molecular complexity index is 671. The molecule has 0 spiro atoms. The lowest BCUT2D eigenvalue weighted by Crippen LogP contribution is -2.20. The number of hydrogen-bond donors (Lipinski definition) is 2. The lowest BCUT2D eigenvalue weighted by molar-refractivity contribution is -0.118. The number of rotatable bonds is 5. The van der Waals surface area contributed by atoms with Crippen LogP contribution in [0.2, 0.25) is 5.02 Å². The predicted molar refractivity (Wildman–Crippen MR) is 87.8 cm³/mol. The van der Waals surface area contributed by atoms with Crippen LogP contribution >= 0.6 is 11.6 Å². The first-order valence-electron chi connectivity index (χ1n) is 6.97. The molecule has 5 heteroatoms. The van der Waals surface area contributed by atoms with Crippen molar-refractivity contribution in [1.29, 1.82) is 0 Å². The summed E-state index contributed by atoms with van der Waals surface area (Å²) in [5, 5.41) is 12.6. The number of carbonyl (C=O) groups excluding carboxylic acids is 1. The van der Waals surface area contributed by atoms with Gasteiger partial charge in [-0.2, -0.15) is 0 Å². The van der Waals surface area contributed by atoms with Gasteiger partial charge in [0.2, 0.25) is 0 Å². The lowest BCUT2D eigenvalue weighted by atomic mass is 10.0. The first-order chi connectivity index (χ1) is 10.5. The number of amides is 1. The van der Waals surface area contributed by atoms with Crippen molar-refractivity contribution in [2.24, 2.45) is 0 Å². The number of phenolic OH excluding ortho intramolecular Hbond substituents is 1. The molecule has 0 saturated carbocycles. The van der Waals surface area contributed by atoms with Gasteiger partial charge in [0.25, 0.3) is 5.91 Å². The van der Waals surface area contributed by atoms with Crippen molar-refractivity contribution in [3.8, 4) is 11.5 Å². The second kappa shape index (κ2) is 7.18. The van der Waals surface area contributed by atoms with Crippen LogP contribution in [0.15, 0.2) is 42.5 Å². The molecule has 0 unspecified atom stereocenters. The van der Waals surface area contributed by atoms with Gasteiger partial charge in [-0.15, -0.1) is 0 Å². The molecule has 0 aliphatic carbocycles. The van der Waals surface area contributed by atoms with E-state index in [9.17, 15) is 9.90 Å².